The Morgan fingerprint density at radius 3 is 2.58 bits per heavy atom. The first-order valence-corrected chi connectivity index (χ1v) is 9.74. The molecule has 2 aliphatic rings. The van der Waals surface area contributed by atoms with Crippen molar-refractivity contribution in [2.75, 3.05) is 45.8 Å². The first-order chi connectivity index (χ1) is 11.3. The molecule has 1 amide bonds. The van der Waals surface area contributed by atoms with Gasteiger partial charge in [-0.05, 0) is 84.5 Å². The largest absolute Gasteiger partial charge is 0.444 e. The Kier molecular flexibility index (Phi) is 7.35. The zero-order valence-electron chi connectivity index (χ0n) is 16.1. The molecule has 0 aliphatic carbocycles. The van der Waals surface area contributed by atoms with E-state index in [1.165, 1.54) is 38.9 Å². The predicted molar refractivity (Wildman–Crippen MR) is 98.2 cm³/mol. The molecule has 5 nitrogen and oxygen atoms in total. The third-order valence-electron chi connectivity index (χ3n) is 4.87. The topological polar surface area (TPSA) is 44.8 Å². The summed E-state index contributed by atoms with van der Waals surface area (Å²) in [4.78, 5) is 16.7. The van der Waals surface area contributed by atoms with Crippen molar-refractivity contribution in [3.05, 3.63) is 0 Å². The van der Waals surface area contributed by atoms with Crippen molar-refractivity contribution in [2.24, 2.45) is 11.8 Å². The van der Waals surface area contributed by atoms with E-state index in [-0.39, 0.29) is 6.09 Å². The molecular weight excluding hydrogens is 302 g/mol. The highest BCUT2D eigenvalue weighted by Crippen LogP contribution is 2.19. The van der Waals surface area contributed by atoms with Gasteiger partial charge in [0.15, 0.2) is 0 Å². The van der Waals surface area contributed by atoms with E-state index in [0.717, 1.165) is 32.6 Å². The number of ether oxygens (including phenoxy) is 1. The molecule has 2 fully saturated rings. The molecule has 24 heavy (non-hydrogen) atoms. The summed E-state index contributed by atoms with van der Waals surface area (Å²) < 4.78 is 5.50. The first kappa shape index (κ1) is 19.5. The predicted octanol–water partition coefficient (Wildman–Crippen LogP) is 2.96. The van der Waals surface area contributed by atoms with Gasteiger partial charge in [-0.2, -0.15) is 0 Å². The molecule has 2 rings (SSSR count). The van der Waals surface area contributed by atoms with Crippen LogP contribution in [0.25, 0.3) is 0 Å². The Morgan fingerprint density at radius 1 is 1.21 bits per heavy atom. The van der Waals surface area contributed by atoms with Crippen LogP contribution in [0.1, 0.15) is 53.4 Å². The van der Waals surface area contributed by atoms with Crippen LogP contribution in [0.4, 0.5) is 4.79 Å². The number of nitrogens with zero attached hydrogens (tertiary/aromatic N) is 2. The van der Waals surface area contributed by atoms with Crippen LogP contribution in [0, 0.1) is 11.8 Å². The molecule has 5 heteroatoms. The van der Waals surface area contributed by atoms with Gasteiger partial charge in [0.25, 0.3) is 0 Å². The maximum atomic E-state index is 12.2. The molecular formula is C19H37N3O2. The van der Waals surface area contributed by atoms with Gasteiger partial charge >= 0.3 is 6.09 Å². The monoisotopic (exact) mass is 339 g/mol. The minimum Gasteiger partial charge on any atom is -0.444 e. The van der Waals surface area contributed by atoms with Crippen LogP contribution in [0.5, 0.6) is 0 Å². The number of hydrogen-bond acceptors (Lipinski definition) is 4. The lowest BCUT2D eigenvalue weighted by Crippen LogP contribution is -2.45. The summed E-state index contributed by atoms with van der Waals surface area (Å²) in [6, 6.07) is 0. The van der Waals surface area contributed by atoms with Crippen LogP contribution in [0.3, 0.4) is 0 Å². The van der Waals surface area contributed by atoms with E-state index in [2.05, 4.69) is 17.1 Å². The summed E-state index contributed by atoms with van der Waals surface area (Å²) in [5.74, 6) is 1.24. The van der Waals surface area contributed by atoms with Gasteiger partial charge in [0.1, 0.15) is 5.60 Å². The lowest BCUT2D eigenvalue weighted by atomic mass is 9.98. The number of carbonyl (C=O) groups excluding carboxylic acids is 1. The molecule has 0 aromatic carbocycles. The van der Waals surface area contributed by atoms with Gasteiger partial charge in [0, 0.05) is 19.6 Å². The molecule has 2 unspecified atom stereocenters. The Bertz CT molecular complexity index is 389. The number of carbonyl (C=O) groups is 1. The van der Waals surface area contributed by atoms with Crippen molar-refractivity contribution in [1.82, 2.24) is 15.1 Å². The molecule has 2 heterocycles. The molecule has 0 aromatic rings. The molecule has 0 radical (unpaired) electrons. The third kappa shape index (κ3) is 6.98. The zero-order chi connectivity index (χ0) is 17.6. The number of nitrogens with one attached hydrogen (secondary N) is 1. The van der Waals surface area contributed by atoms with Crippen molar-refractivity contribution in [1.29, 1.82) is 0 Å². The van der Waals surface area contributed by atoms with Crippen LogP contribution in [-0.2, 0) is 4.74 Å². The smallest absolute Gasteiger partial charge is 0.410 e. The minimum absolute atomic E-state index is 0.158. The van der Waals surface area contributed by atoms with Crippen LogP contribution in [-0.4, -0.2) is 67.3 Å². The van der Waals surface area contributed by atoms with Crippen LogP contribution in [0.15, 0.2) is 0 Å². The standard InChI is InChI=1S/C19H37N3O2/c1-16(14-21-9-5-6-10-21)12-20-13-17-8-7-11-22(15-17)18(23)24-19(2,3)4/h16-17,20H,5-15H2,1-4H3. The summed E-state index contributed by atoms with van der Waals surface area (Å²) in [7, 11) is 0. The van der Waals surface area contributed by atoms with Gasteiger partial charge in [-0.3, -0.25) is 0 Å². The highest BCUT2D eigenvalue weighted by atomic mass is 16.6. The van der Waals surface area contributed by atoms with Crippen molar-refractivity contribution in [3.8, 4) is 0 Å². The molecule has 2 atom stereocenters. The van der Waals surface area contributed by atoms with Crippen LogP contribution in [0.2, 0.25) is 0 Å². The average molecular weight is 340 g/mol. The van der Waals surface area contributed by atoms with Crippen molar-refractivity contribution < 1.29 is 9.53 Å². The van der Waals surface area contributed by atoms with Crippen molar-refractivity contribution >= 4 is 6.09 Å². The van der Waals surface area contributed by atoms with Crippen LogP contribution >= 0.6 is 0 Å². The van der Waals surface area contributed by atoms with Gasteiger partial charge in [0.05, 0.1) is 0 Å². The number of amides is 1. The Morgan fingerprint density at radius 2 is 1.92 bits per heavy atom. The normalized spacial score (nSPS) is 24.2. The fraction of sp³-hybridized carbons (Fsp3) is 0.947. The first-order valence-electron chi connectivity index (χ1n) is 9.74. The van der Waals surface area contributed by atoms with Gasteiger partial charge in [-0.1, -0.05) is 6.92 Å². The van der Waals surface area contributed by atoms with Gasteiger partial charge < -0.3 is 19.9 Å². The zero-order valence-corrected chi connectivity index (χ0v) is 16.1. The lowest BCUT2D eigenvalue weighted by molar-refractivity contribution is 0.0166. The maximum absolute atomic E-state index is 12.2. The number of likely N-dealkylation sites (tertiary alicyclic amines) is 2. The summed E-state index contributed by atoms with van der Waals surface area (Å²) in [5, 5.41) is 3.63. The fourth-order valence-electron chi connectivity index (χ4n) is 3.73. The molecule has 2 aliphatic heterocycles. The van der Waals surface area contributed by atoms with Crippen molar-refractivity contribution in [2.45, 2.75) is 59.0 Å². The van der Waals surface area contributed by atoms with E-state index in [1.54, 1.807) is 0 Å². The Hall–Kier alpha value is -0.810. The molecule has 140 valence electrons. The summed E-state index contributed by atoms with van der Waals surface area (Å²) in [5.41, 5.74) is -0.409. The Balaban J connectivity index is 1.64. The summed E-state index contributed by atoms with van der Waals surface area (Å²) >= 11 is 0. The molecule has 0 spiro atoms. The van der Waals surface area contributed by atoms with E-state index < -0.39 is 5.60 Å². The van der Waals surface area contributed by atoms with Crippen LogP contribution < -0.4 is 5.32 Å². The van der Waals surface area contributed by atoms with E-state index in [4.69, 9.17) is 4.74 Å². The van der Waals surface area contributed by atoms with E-state index >= 15 is 0 Å². The molecule has 0 bridgehead atoms. The molecule has 0 aromatic heterocycles. The highest BCUT2D eigenvalue weighted by Gasteiger charge is 2.27. The quantitative estimate of drug-likeness (QED) is 0.808. The summed E-state index contributed by atoms with van der Waals surface area (Å²) in [6.07, 6.45) is 4.85. The van der Waals surface area contributed by atoms with Gasteiger partial charge in [0.2, 0.25) is 0 Å². The number of hydrogen-bond donors (Lipinski definition) is 1. The number of rotatable bonds is 6. The highest BCUT2D eigenvalue weighted by molar-refractivity contribution is 5.68. The number of piperidine rings is 1. The maximum Gasteiger partial charge on any atom is 0.410 e. The lowest BCUT2D eigenvalue weighted by Gasteiger charge is -2.34. The second-order valence-corrected chi connectivity index (χ2v) is 8.71. The van der Waals surface area contributed by atoms with Gasteiger partial charge in [-0.15, -0.1) is 0 Å². The Labute approximate surface area is 148 Å². The SMILES string of the molecule is CC(CNCC1CCCN(C(=O)OC(C)(C)C)C1)CN1CCCC1. The minimum atomic E-state index is -0.409. The second-order valence-electron chi connectivity index (χ2n) is 8.71. The fourth-order valence-corrected chi connectivity index (χ4v) is 3.73. The van der Waals surface area contributed by atoms with Gasteiger partial charge in [-0.25, -0.2) is 4.79 Å². The molecule has 0 saturated carbocycles. The third-order valence-corrected chi connectivity index (χ3v) is 4.87. The molecule has 1 N–H and O–H groups in total. The van der Waals surface area contributed by atoms with E-state index in [0.29, 0.717) is 11.8 Å². The van der Waals surface area contributed by atoms with E-state index in [1.807, 2.05) is 25.7 Å². The second kappa shape index (κ2) is 9.04. The van der Waals surface area contributed by atoms with Crippen molar-refractivity contribution in [3.63, 3.8) is 0 Å². The summed E-state index contributed by atoms with van der Waals surface area (Å²) in [6.45, 7) is 15.6. The van der Waals surface area contributed by atoms with E-state index in [9.17, 15) is 4.79 Å². The molecule has 2 saturated heterocycles. The average Bonchev–Trinajstić information content (AvgIpc) is 2.98.